The van der Waals surface area contributed by atoms with E-state index in [0.29, 0.717) is 28.8 Å². The zero-order valence-electron chi connectivity index (χ0n) is 16.2. The van der Waals surface area contributed by atoms with Gasteiger partial charge in [-0.3, -0.25) is 14.5 Å². The van der Waals surface area contributed by atoms with Crippen molar-refractivity contribution in [1.82, 2.24) is 9.80 Å². The molecular weight excluding hydrogens is 364 g/mol. The summed E-state index contributed by atoms with van der Waals surface area (Å²) in [6.45, 7) is 8.29. The van der Waals surface area contributed by atoms with E-state index in [9.17, 15) is 9.59 Å². The Bertz CT molecular complexity index is 734. The Labute approximate surface area is 165 Å². The molecule has 0 aromatic heterocycles. The van der Waals surface area contributed by atoms with Gasteiger partial charge in [-0.2, -0.15) is 0 Å². The standard InChI is InChI=1S/C21H27ClN2O3/c1-14(2)27-13-12-24-20(25)18(16-4-6-17(22)7-5-16)19(21(24)26)23-10-8-15(3)9-11-23/h4-7,14-15H,8-13H2,1-3H3. The van der Waals surface area contributed by atoms with Crippen molar-refractivity contribution in [1.29, 1.82) is 0 Å². The Balaban J connectivity index is 1.92. The number of carbonyl (C=O) groups excluding carboxylic acids is 2. The molecule has 5 nitrogen and oxygen atoms in total. The number of nitrogens with zero attached hydrogens (tertiary/aromatic N) is 2. The first kappa shape index (κ1) is 19.9. The molecule has 2 aliphatic rings. The molecule has 0 N–H and O–H groups in total. The number of imide groups is 1. The van der Waals surface area contributed by atoms with E-state index in [1.54, 1.807) is 12.1 Å². The number of rotatable bonds is 6. The fourth-order valence-corrected chi connectivity index (χ4v) is 3.67. The number of hydrogen-bond donors (Lipinski definition) is 0. The highest BCUT2D eigenvalue weighted by Crippen LogP contribution is 2.34. The summed E-state index contributed by atoms with van der Waals surface area (Å²) in [7, 11) is 0. The Morgan fingerprint density at radius 1 is 1.11 bits per heavy atom. The van der Waals surface area contributed by atoms with Crippen LogP contribution in [0.4, 0.5) is 0 Å². The highest BCUT2D eigenvalue weighted by atomic mass is 35.5. The molecule has 1 saturated heterocycles. The molecule has 2 aliphatic heterocycles. The van der Waals surface area contributed by atoms with Crippen LogP contribution in [0.2, 0.25) is 5.02 Å². The van der Waals surface area contributed by atoms with Crippen LogP contribution >= 0.6 is 11.6 Å². The van der Waals surface area contributed by atoms with E-state index in [1.807, 2.05) is 26.0 Å². The average Bonchev–Trinajstić information content (AvgIpc) is 2.87. The Hall–Kier alpha value is -1.85. The van der Waals surface area contributed by atoms with Crippen LogP contribution in [0, 0.1) is 5.92 Å². The molecule has 0 radical (unpaired) electrons. The molecule has 0 aliphatic carbocycles. The third-order valence-corrected chi connectivity index (χ3v) is 5.39. The molecule has 0 spiro atoms. The fraction of sp³-hybridized carbons (Fsp3) is 0.524. The zero-order valence-corrected chi connectivity index (χ0v) is 17.0. The van der Waals surface area contributed by atoms with Crippen molar-refractivity contribution in [2.24, 2.45) is 5.92 Å². The monoisotopic (exact) mass is 390 g/mol. The van der Waals surface area contributed by atoms with Crippen molar-refractivity contribution in [3.63, 3.8) is 0 Å². The lowest BCUT2D eigenvalue weighted by molar-refractivity contribution is -0.138. The summed E-state index contributed by atoms with van der Waals surface area (Å²) in [5, 5.41) is 0.603. The van der Waals surface area contributed by atoms with Gasteiger partial charge in [-0.25, -0.2) is 0 Å². The number of carbonyl (C=O) groups is 2. The van der Waals surface area contributed by atoms with E-state index in [4.69, 9.17) is 16.3 Å². The lowest BCUT2D eigenvalue weighted by atomic mass is 9.97. The maximum absolute atomic E-state index is 13.1. The van der Waals surface area contributed by atoms with Crippen LogP contribution < -0.4 is 0 Å². The molecule has 1 fully saturated rings. The molecule has 146 valence electrons. The fourth-order valence-electron chi connectivity index (χ4n) is 3.55. The van der Waals surface area contributed by atoms with Gasteiger partial charge < -0.3 is 9.64 Å². The van der Waals surface area contributed by atoms with Crippen molar-refractivity contribution in [2.45, 2.75) is 39.7 Å². The van der Waals surface area contributed by atoms with Crippen molar-refractivity contribution >= 4 is 29.0 Å². The van der Waals surface area contributed by atoms with Crippen LogP contribution in [0.25, 0.3) is 5.57 Å². The lowest BCUT2D eigenvalue weighted by Gasteiger charge is -2.32. The molecule has 1 aromatic rings. The molecule has 6 heteroatoms. The molecule has 3 rings (SSSR count). The Morgan fingerprint density at radius 3 is 2.33 bits per heavy atom. The summed E-state index contributed by atoms with van der Waals surface area (Å²) in [6, 6.07) is 7.12. The van der Waals surface area contributed by atoms with Gasteiger partial charge in [0.05, 0.1) is 24.8 Å². The van der Waals surface area contributed by atoms with Gasteiger partial charge in [-0.1, -0.05) is 30.7 Å². The van der Waals surface area contributed by atoms with Gasteiger partial charge in [-0.05, 0) is 50.3 Å². The second kappa shape index (κ2) is 8.44. The minimum atomic E-state index is -0.247. The summed E-state index contributed by atoms with van der Waals surface area (Å²) in [5.41, 5.74) is 1.74. The van der Waals surface area contributed by atoms with Crippen molar-refractivity contribution in [3.05, 3.63) is 40.5 Å². The van der Waals surface area contributed by atoms with Crippen LogP contribution in [0.15, 0.2) is 30.0 Å². The number of ether oxygens (including phenoxy) is 1. The molecule has 27 heavy (non-hydrogen) atoms. The van der Waals surface area contributed by atoms with Gasteiger partial charge in [0.15, 0.2) is 0 Å². The second-order valence-corrected chi connectivity index (χ2v) is 8.02. The molecule has 0 saturated carbocycles. The first-order chi connectivity index (χ1) is 12.9. The maximum atomic E-state index is 13.1. The van der Waals surface area contributed by atoms with Crippen LogP contribution in [0.5, 0.6) is 0 Å². The molecule has 2 amide bonds. The lowest BCUT2D eigenvalue weighted by Crippen LogP contribution is -2.39. The number of amides is 2. The summed E-state index contributed by atoms with van der Waals surface area (Å²) in [4.78, 5) is 29.7. The summed E-state index contributed by atoms with van der Waals surface area (Å²) < 4.78 is 5.56. The largest absolute Gasteiger partial charge is 0.377 e. The number of likely N-dealkylation sites (tertiary alicyclic amines) is 1. The first-order valence-corrected chi connectivity index (χ1v) is 9.99. The van der Waals surface area contributed by atoms with Gasteiger partial charge >= 0.3 is 0 Å². The predicted octanol–water partition coefficient (Wildman–Crippen LogP) is 3.58. The van der Waals surface area contributed by atoms with Gasteiger partial charge in [-0.15, -0.1) is 0 Å². The zero-order chi connectivity index (χ0) is 19.6. The number of piperidine rings is 1. The van der Waals surface area contributed by atoms with Gasteiger partial charge in [0, 0.05) is 18.1 Å². The number of hydrogen-bond acceptors (Lipinski definition) is 4. The van der Waals surface area contributed by atoms with E-state index in [0.717, 1.165) is 31.5 Å². The highest BCUT2D eigenvalue weighted by Gasteiger charge is 2.41. The third-order valence-electron chi connectivity index (χ3n) is 5.14. The molecule has 2 heterocycles. The van der Waals surface area contributed by atoms with Crippen molar-refractivity contribution in [3.8, 4) is 0 Å². The minimum Gasteiger partial charge on any atom is -0.377 e. The molecule has 0 atom stereocenters. The van der Waals surface area contributed by atoms with E-state index < -0.39 is 0 Å². The van der Waals surface area contributed by atoms with Crippen LogP contribution in [0.1, 0.15) is 39.2 Å². The Kier molecular flexibility index (Phi) is 6.22. The normalized spacial score (nSPS) is 19.0. The van der Waals surface area contributed by atoms with Crippen LogP contribution in [-0.2, 0) is 14.3 Å². The summed E-state index contributed by atoms with van der Waals surface area (Å²) in [6.07, 6.45) is 2.11. The molecule has 0 bridgehead atoms. The summed E-state index contributed by atoms with van der Waals surface area (Å²) >= 11 is 6.01. The van der Waals surface area contributed by atoms with E-state index in [1.165, 1.54) is 4.90 Å². The molecular formula is C21H27ClN2O3. The van der Waals surface area contributed by atoms with Crippen molar-refractivity contribution < 1.29 is 14.3 Å². The average molecular weight is 391 g/mol. The van der Waals surface area contributed by atoms with Gasteiger partial charge in [0.1, 0.15) is 5.70 Å². The topological polar surface area (TPSA) is 49.9 Å². The first-order valence-electron chi connectivity index (χ1n) is 9.61. The van der Waals surface area contributed by atoms with Crippen LogP contribution in [-0.4, -0.2) is 54.0 Å². The van der Waals surface area contributed by atoms with E-state index in [-0.39, 0.29) is 24.5 Å². The van der Waals surface area contributed by atoms with Gasteiger partial charge in [0.25, 0.3) is 11.8 Å². The smallest absolute Gasteiger partial charge is 0.277 e. The molecule has 0 unspecified atom stereocenters. The van der Waals surface area contributed by atoms with E-state index >= 15 is 0 Å². The van der Waals surface area contributed by atoms with Crippen molar-refractivity contribution in [2.75, 3.05) is 26.2 Å². The maximum Gasteiger partial charge on any atom is 0.277 e. The Morgan fingerprint density at radius 2 is 1.74 bits per heavy atom. The highest BCUT2D eigenvalue weighted by molar-refractivity contribution is 6.36. The third kappa shape index (κ3) is 4.36. The summed E-state index contributed by atoms with van der Waals surface area (Å²) in [5.74, 6) is 0.179. The molecule has 1 aromatic carbocycles. The minimum absolute atomic E-state index is 0.0598. The van der Waals surface area contributed by atoms with Gasteiger partial charge in [0.2, 0.25) is 0 Å². The SMILES string of the molecule is CC1CCN(C2=C(c3ccc(Cl)cc3)C(=O)N(CCOC(C)C)C2=O)CC1. The second-order valence-electron chi connectivity index (χ2n) is 7.58. The number of halogens is 1. The number of benzene rings is 1. The predicted molar refractivity (Wildman–Crippen MR) is 106 cm³/mol. The quantitative estimate of drug-likeness (QED) is 0.696. The van der Waals surface area contributed by atoms with E-state index in [2.05, 4.69) is 11.8 Å². The van der Waals surface area contributed by atoms with Crippen LogP contribution in [0.3, 0.4) is 0 Å².